The van der Waals surface area contributed by atoms with Crippen LogP contribution in [0.25, 0.3) is 11.3 Å². The van der Waals surface area contributed by atoms with Crippen molar-refractivity contribution < 1.29 is 13.9 Å². The van der Waals surface area contributed by atoms with E-state index in [1.165, 1.54) is 7.11 Å². The Morgan fingerprint density at radius 1 is 1.26 bits per heavy atom. The number of hydrogen-bond donors (Lipinski definition) is 1. The Morgan fingerprint density at radius 2 is 2.00 bits per heavy atom. The third kappa shape index (κ3) is 2.92. The Bertz CT molecular complexity index is 610. The van der Waals surface area contributed by atoms with E-state index < -0.39 is 12.0 Å². The first-order valence-electron chi connectivity index (χ1n) is 5.40. The molecule has 2 rings (SSSR count). The Kier molecular flexibility index (Phi) is 4.14. The lowest BCUT2D eigenvalue weighted by Gasteiger charge is -2.07. The zero-order valence-electron chi connectivity index (χ0n) is 10.0. The third-order valence-electron chi connectivity index (χ3n) is 2.58. The molecule has 0 radical (unpaired) electrons. The van der Waals surface area contributed by atoms with Crippen molar-refractivity contribution in [1.29, 1.82) is 0 Å². The van der Waals surface area contributed by atoms with Crippen molar-refractivity contribution in [2.75, 3.05) is 7.11 Å². The lowest BCUT2D eigenvalue weighted by molar-refractivity contribution is -0.128. The van der Waals surface area contributed by atoms with Gasteiger partial charge < -0.3 is 14.9 Å². The Morgan fingerprint density at radius 3 is 2.58 bits per heavy atom. The van der Waals surface area contributed by atoms with Crippen molar-refractivity contribution in [2.45, 2.75) is 6.10 Å². The lowest BCUT2D eigenvalue weighted by atomic mass is 10.2. The van der Waals surface area contributed by atoms with E-state index in [0.717, 1.165) is 5.56 Å². The first-order chi connectivity index (χ1) is 9.02. The van der Waals surface area contributed by atoms with Crippen LogP contribution in [0, 0.1) is 0 Å². The van der Waals surface area contributed by atoms with E-state index in [4.69, 9.17) is 38.1 Å². The van der Waals surface area contributed by atoms with Gasteiger partial charge in [-0.15, -0.1) is 0 Å². The molecule has 100 valence electrons. The topological polar surface area (TPSA) is 65.5 Å². The molecule has 1 atom stereocenters. The molecule has 0 aliphatic carbocycles. The second-order valence-electron chi connectivity index (χ2n) is 3.85. The van der Waals surface area contributed by atoms with E-state index in [1.54, 1.807) is 30.3 Å². The summed E-state index contributed by atoms with van der Waals surface area (Å²) in [5.41, 5.74) is 5.96. The van der Waals surface area contributed by atoms with Crippen LogP contribution in [0.4, 0.5) is 0 Å². The van der Waals surface area contributed by atoms with E-state index in [9.17, 15) is 4.79 Å². The fourth-order valence-corrected chi connectivity index (χ4v) is 1.97. The van der Waals surface area contributed by atoms with Crippen LogP contribution >= 0.6 is 23.2 Å². The molecule has 6 heteroatoms. The Labute approximate surface area is 120 Å². The molecule has 0 spiro atoms. The predicted octanol–water partition coefficient (Wildman–Crippen LogP) is 3.43. The number of ether oxygens (including phenoxy) is 1. The number of nitrogens with two attached hydrogens (primary N) is 1. The van der Waals surface area contributed by atoms with Gasteiger partial charge in [-0.1, -0.05) is 23.2 Å². The van der Waals surface area contributed by atoms with Crippen LogP contribution in [-0.2, 0) is 9.53 Å². The van der Waals surface area contributed by atoms with Gasteiger partial charge in [0.25, 0.3) is 5.91 Å². The zero-order valence-corrected chi connectivity index (χ0v) is 11.5. The largest absolute Gasteiger partial charge is 0.458 e. The SMILES string of the molecule is COC(C(N)=O)c1ccc(-c2ccc(Cl)c(Cl)c2)o1. The molecule has 0 saturated carbocycles. The summed E-state index contributed by atoms with van der Waals surface area (Å²) < 4.78 is 10.5. The molecule has 1 unspecified atom stereocenters. The molecular formula is C13H11Cl2NO3. The number of rotatable bonds is 4. The Hall–Kier alpha value is -1.49. The van der Waals surface area contributed by atoms with Crippen molar-refractivity contribution in [3.63, 3.8) is 0 Å². The number of halogens is 2. The summed E-state index contributed by atoms with van der Waals surface area (Å²) in [5.74, 6) is 0.283. The first-order valence-corrected chi connectivity index (χ1v) is 6.15. The average Bonchev–Trinajstić information content (AvgIpc) is 2.82. The maximum absolute atomic E-state index is 11.2. The average molecular weight is 300 g/mol. The maximum atomic E-state index is 11.2. The molecule has 0 aliphatic rings. The molecule has 1 amide bonds. The number of carbonyl (C=O) groups is 1. The van der Waals surface area contributed by atoms with Crippen LogP contribution in [0.15, 0.2) is 34.7 Å². The summed E-state index contributed by atoms with van der Waals surface area (Å²) in [7, 11) is 1.39. The van der Waals surface area contributed by atoms with Gasteiger partial charge >= 0.3 is 0 Å². The van der Waals surface area contributed by atoms with Crippen molar-refractivity contribution in [2.24, 2.45) is 5.73 Å². The summed E-state index contributed by atoms with van der Waals surface area (Å²) in [6.07, 6.45) is -0.906. The van der Waals surface area contributed by atoms with Gasteiger partial charge in [0, 0.05) is 12.7 Å². The number of methoxy groups -OCH3 is 1. The summed E-state index contributed by atoms with van der Waals surface area (Å²) in [4.78, 5) is 11.2. The summed E-state index contributed by atoms with van der Waals surface area (Å²) in [6.45, 7) is 0. The van der Waals surface area contributed by atoms with Gasteiger partial charge in [0.15, 0.2) is 6.10 Å². The van der Waals surface area contributed by atoms with Gasteiger partial charge in [-0.25, -0.2) is 0 Å². The number of hydrogen-bond acceptors (Lipinski definition) is 3. The van der Waals surface area contributed by atoms with Crippen LogP contribution in [0.3, 0.4) is 0 Å². The molecule has 1 heterocycles. The molecule has 4 nitrogen and oxygen atoms in total. The van der Waals surface area contributed by atoms with Crippen molar-refractivity contribution in [3.05, 3.63) is 46.1 Å². The summed E-state index contributed by atoms with van der Waals surface area (Å²) in [6, 6.07) is 8.46. The van der Waals surface area contributed by atoms with Gasteiger partial charge in [0.2, 0.25) is 0 Å². The smallest absolute Gasteiger partial charge is 0.254 e. The van der Waals surface area contributed by atoms with Crippen molar-refractivity contribution in [1.82, 2.24) is 0 Å². The van der Waals surface area contributed by atoms with Gasteiger partial charge in [-0.05, 0) is 30.3 Å². The molecular weight excluding hydrogens is 289 g/mol. The second kappa shape index (κ2) is 5.65. The fourth-order valence-electron chi connectivity index (χ4n) is 1.67. The van der Waals surface area contributed by atoms with Crippen LogP contribution in [0.5, 0.6) is 0 Å². The van der Waals surface area contributed by atoms with Gasteiger partial charge in [0.1, 0.15) is 11.5 Å². The first kappa shape index (κ1) is 13.9. The van der Waals surface area contributed by atoms with Crippen LogP contribution in [0.1, 0.15) is 11.9 Å². The third-order valence-corrected chi connectivity index (χ3v) is 3.32. The standard InChI is InChI=1S/C13H11Cl2NO3/c1-18-12(13(16)17)11-5-4-10(19-11)7-2-3-8(14)9(15)6-7/h2-6,12H,1H3,(H2,16,17). The van der Waals surface area contributed by atoms with Crippen LogP contribution in [0.2, 0.25) is 10.0 Å². The van der Waals surface area contributed by atoms with Gasteiger partial charge in [0.05, 0.1) is 10.0 Å². The quantitative estimate of drug-likeness (QED) is 0.940. The number of amides is 1. The predicted molar refractivity (Wildman–Crippen MR) is 73.1 cm³/mol. The molecule has 0 bridgehead atoms. The van der Waals surface area contributed by atoms with Crippen molar-refractivity contribution >= 4 is 29.1 Å². The fraction of sp³-hybridized carbons (Fsp3) is 0.154. The number of carbonyl (C=O) groups excluding carboxylic acids is 1. The highest BCUT2D eigenvalue weighted by Crippen LogP contribution is 2.31. The Balaban J connectivity index is 2.35. The molecule has 19 heavy (non-hydrogen) atoms. The van der Waals surface area contributed by atoms with E-state index >= 15 is 0 Å². The summed E-state index contributed by atoms with van der Waals surface area (Å²) >= 11 is 11.8. The lowest BCUT2D eigenvalue weighted by Crippen LogP contribution is -2.22. The van der Waals surface area contributed by atoms with Crippen LogP contribution in [-0.4, -0.2) is 13.0 Å². The highest BCUT2D eigenvalue weighted by Gasteiger charge is 2.21. The maximum Gasteiger partial charge on any atom is 0.254 e. The molecule has 0 saturated heterocycles. The number of benzene rings is 1. The van der Waals surface area contributed by atoms with Gasteiger partial charge in [-0.2, -0.15) is 0 Å². The second-order valence-corrected chi connectivity index (χ2v) is 4.66. The molecule has 2 aromatic rings. The zero-order chi connectivity index (χ0) is 14.0. The molecule has 1 aromatic carbocycles. The minimum Gasteiger partial charge on any atom is -0.458 e. The minimum absolute atomic E-state index is 0.344. The minimum atomic E-state index is -0.906. The highest BCUT2D eigenvalue weighted by molar-refractivity contribution is 6.42. The van der Waals surface area contributed by atoms with E-state index in [2.05, 4.69) is 0 Å². The normalized spacial score (nSPS) is 12.4. The van der Waals surface area contributed by atoms with Crippen molar-refractivity contribution in [3.8, 4) is 11.3 Å². The molecule has 0 fully saturated rings. The summed E-state index contributed by atoms with van der Waals surface area (Å²) in [5, 5.41) is 0.888. The van der Waals surface area contributed by atoms with E-state index in [1.807, 2.05) is 0 Å². The van der Waals surface area contributed by atoms with E-state index in [0.29, 0.717) is 21.6 Å². The number of furan rings is 1. The highest BCUT2D eigenvalue weighted by atomic mass is 35.5. The molecule has 0 aliphatic heterocycles. The number of primary amides is 1. The monoisotopic (exact) mass is 299 g/mol. The van der Waals surface area contributed by atoms with E-state index in [-0.39, 0.29) is 0 Å². The molecule has 2 N–H and O–H groups in total. The molecule has 1 aromatic heterocycles. The van der Waals surface area contributed by atoms with Crippen LogP contribution < -0.4 is 5.73 Å². The van der Waals surface area contributed by atoms with Gasteiger partial charge in [-0.3, -0.25) is 4.79 Å².